The van der Waals surface area contributed by atoms with E-state index in [0.717, 1.165) is 4.47 Å². The maximum absolute atomic E-state index is 11.3. The lowest BCUT2D eigenvalue weighted by molar-refractivity contribution is 0.0983. The van der Waals surface area contributed by atoms with Gasteiger partial charge in [0.2, 0.25) is 0 Å². The molecule has 62 valence electrons. The molecule has 0 unspecified atom stereocenters. The molecule has 1 N–H and O–H groups in total. The highest BCUT2D eigenvalue weighted by molar-refractivity contribution is 9.10. The summed E-state index contributed by atoms with van der Waals surface area (Å²) in [4.78, 5) is 15.4. The number of fused-ring (bicyclic) bond motifs is 1. The Hall–Kier alpha value is -0.900. The van der Waals surface area contributed by atoms with E-state index >= 15 is 0 Å². The summed E-state index contributed by atoms with van der Waals surface area (Å²) < 4.78 is 0.846. The van der Waals surface area contributed by atoms with Crippen LogP contribution in [0.1, 0.15) is 16.8 Å². The van der Waals surface area contributed by atoms with Gasteiger partial charge < -0.3 is 5.32 Å². The molecule has 0 amide bonds. The van der Waals surface area contributed by atoms with E-state index in [4.69, 9.17) is 0 Å². The average Bonchev–Trinajstić information content (AvgIpc) is 2.07. The second-order valence-electron chi connectivity index (χ2n) is 2.65. The van der Waals surface area contributed by atoms with Gasteiger partial charge in [0, 0.05) is 23.6 Å². The fourth-order valence-electron chi connectivity index (χ4n) is 1.22. The normalized spacial score (nSPS) is 15.2. The summed E-state index contributed by atoms with van der Waals surface area (Å²) >= 11 is 3.28. The van der Waals surface area contributed by atoms with Gasteiger partial charge in [-0.1, -0.05) is 0 Å². The number of anilines is 1. The second kappa shape index (κ2) is 2.86. The van der Waals surface area contributed by atoms with E-state index in [-0.39, 0.29) is 5.78 Å². The van der Waals surface area contributed by atoms with Gasteiger partial charge in [0.15, 0.2) is 5.78 Å². The van der Waals surface area contributed by atoms with Crippen molar-refractivity contribution in [1.29, 1.82) is 0 Å². The lowest BCUT2D eigenvalue weighted by Crippen LogP contribution is -2.18. The third-order valence-electron chi connectivity index (χ3n) is 1.80. The number of nitrogens with one attached hydrogen (secondary N) is 1. The lowest BCUT2D eigenvalue weighted by atomic mass is 10.1. The number of carbonyl (C=O) groups excluding carboxylic acids is 1. The SMILES string of the molecule is O=C1CCNc2ncc(Br)cc21. The van der Waals surface area contributed by atoms with Crippen LogP contribution in [0.3, 0.4) is 0 Å². The van der Waals surface area contributed by atoms with E-state index < -0.39 is 0 Å². The summed E-state index contributed by atoms with van der Waals surface area (Å²) in [6, 6.07) is 1.80. The van der Waals surface area contributed by atoms with Crippen LogP contribution in [0.25, 0.3) is 0 Å². The van der Waals surface area contributed by atoms with Gasteiger partial charge in [0.1, 0.15) is 5.82 Å². The van der Waals surface area contributed by atoms with Crippen molar-refractivity contribution in [3.8, 4) is 0 Å². The van der Waals surface area contributed by atoms with Gasteiger partial charge in [-0.05, 0) is 22.0 Å². The number of aromatic nitrogens is 1. The van der Waals surface area contributed by atoms with Crippen LogP contribution in [-0.4, -0.2) is 17.3 Å². The van der Waals surface area contributed by atoms with E-state index in [1.807, 2.05) is 0 Å². The minimum atomic E-state index is 0.164. The Morgan fingerprint density at radius 2 is 2.42 bits per heavy atom. The number of Topliss-reactive ketones (excluding diaryl/α,β-unsaturated/α-hetero) is 1. The predicted octanol–water partition coefficient (Wildman–Crippen LogP) is 1.84. The molecule has 2 rings (SSSR count). The minimum absolute atomic E-state index is 0.164. The smallest absolute Gasteiger partial charge is 0.168 e. The van der Waals surface area contributed by atoms with Crippen LogP contribution in [0.4, 0.5) is 5.82 Å². The molecule has 0 fully saturated rings. The largest absolute Gasteiger partial charge is 0.369 e. The van der Waals surface area contributed by atoms with Crippen molar-refractivity contribution in [2.24, 2.45) is 0 Å². The zero-order valence-corrected chi connectivity index (χ0v) is 7.89. The van der Waals surface area contributed by atoms with E-state index in [1.165, 1.54) is 0 Å². The van der Waals surface area contributed by atoms with Crippen molar-refractivity contribution in [3.63, 3.8) is 0 Å². The molecule has 0 bridgehead atoms. The summed E-state index contributed by atoms with van der Waals surface area (Å²) in [6.07, 6.45) is 2.25. The number of nitrogens with zero attached hydrogens (tertiary/aromatic N) is 1. The van der Waals surface area contributed by atoms with Crippen LogP contribution in [0.2, 0.25) is 0 Å². The fourth-order valence-corrected chi connectivity index (χ4v) is 1.55. The number of rotatable bonds is 0. The molecule has 4 heteroatoms. The van der Waals surface area contributed by atoms with E-state index in [2.05, 4.69) is 26.2 Å². The summed E-state index contributed by atoms with van der Waals surface area (Å²) in [5, 5.41) is 3.07. The summed E-state index contributed by atoms with van der Waals surface area (Å²) in [7, 11) is 0. The molecule has 1 aliphatic heterocycles. The molecule has 2 heterocycles. The molecular formula is C8H7BrN2O. The first kappa shape index (κ1) is 7.73. The summed E-state index contributed by atoms with van der Waals surface area (Å²) in [6.45, 7) is 0.695. The third-order valence-corrected chi connectivity index (χ3v) is 2.23. The molecular weight excluding hydrogens is 220 g/mol. The second-order valence-corrected chi connectivity index (χ2v) is 3.57. The van der Waals surface area contributed by atoms with E-state index in [9.17, 15) is 4.79 Å². The van der Waals surface area contributed by atoms with Crippen molar-refractivity contribution in [2.75, 3.05) is 11.9 Å². The molecule has 3 nitrogen and oxygen atoms in total. The highest BCUT2D eigenvalue weighted by Crippen LogP contribution is 2.22. The van der Waals surface area contributed by atoms with E-state index in [1.54, 1.807) is 12.3 Å². The van der Waals surface area contributed by atoms with Crippen molar-refractivity contribution in [3.05, 3.63) is 22.3 Å². The molecule has 1 aromatic rings. The summed E-state index contributed by atoms with van der Waals surface area (Å²) in [5.74, 6) is 0.868. The standard InChI is InChI=1S/C8H7BrN2O/c9-5-3-6-7(12)1-2-10-8(6)11-4-5/h3-4H,1-2H2,(H,10,11). The third kappa shape index (κ3) is 1.22. The van der Waals surface area contributed by atoms with Crippen LogP contribution < -0.4 is 5.32 Å². The summed E-state index contributed by atoms with van der Waals surface area (Å²) in [5.41, 5.74) is 0.690. The number of ketones is 1. The minimum Gasteiger partial charge on any atom is -0.369 e. The topological polar surface area (TPSA) is 42.0 Å². The Morgan fingerprint density at radius 3 is 3.25 bits per heavy atom. The molecule has 0 spiro atoms. The monoisotopic (exact) mass is 226 g/mol. The van der Waals surface area contributed by atoms with Crippen LogP contribution >= 0.6 is 15.9 Å². The van der Waals surface area contributed by atoms with Crippen LogP contribution in [-0.2, 0) is 0 Å². The van der Waals surface area contributed by atoms with Gasteiger partial charge in [0.25, 0.3) is 0 Å². The maximum atomic E-state index is 11.3. The first-order valence-electron chi connectivity index (χ1n) is 3.70. The first-order valence-corrected chi connectivity index (χ1v) is 4.49. The number of halogens is 1. The molecule has 0 radical (unpaired) electrons. The van der Waals surface area contributed by atoms with Gasteiger partial charge >= 0.3 is 0 Å². The average molecular weight is 227 g/mol. The molecule has 0 saturated heterocycles. The number of hydrogen-bond donors (Lipinski definition) is 1. The van der Waals surface area contributed by atoms with Crippen molar-refractivity contribution >= 4 is 27.5 Å². The maximum Gasteiger partial charge on any atom is 0.168 e. The van der Waals surface area contributed by atoms with Crippen molar-refractivity contribution in [1.82, 2.24) is 4.98 Å². The van der Waals surface area contributed by atoms with Gasteiger partial charge in [-0.3, -0.25) is 4.79 Å². The number of pyridine rings is 1. The molecule has 0 aromatic carbocycles. The molecule has 0 aliphatic carbocycles. The highest BCUT2D eigenvalue weighted by atomic mass is 79.9. The Bertz CT molecular complexity index is 338. The van der Waals surface area contributed by atoms with Crippen LogP contribution in [0.15, 0.2) is 16.7 Å². The number of hydrogen-bond acceptors (Lipinski definition) is 3. The Morgan fingerprint density at radius 1 is 1.58 bits per heavy atom. The zero-order chi connectivity index (χ0) is 8.55. The molecule has 1 aliphatic rings. The fraction of sp³-hybridized carbons (Fsp3) is 0.250. The van der Waals surface area contributed by atoms with Gasteiger partial charge in [-0.2, -0.15) is 0 Å². The molecule has 12 heavy (non-hydrogen) atoms. The number of carbonyl (C=O) groups is 1. The van der Waals surface area contributed by atoms with E-state index in [0.29, 0.717) is 24.3 Å². The Labute approximate surface area is 78.3 Å². The lowest BCUT2D eigenvalue weighted by Gasteiger charge is -2.15. The van der Waals surface area contributed by atoms with Gasteiger partial charge in [-0.25, -0.2) is 4.98 Å². The Kier molecular flexibility index (Phi) is 1.84. The Balaban J connectivity index is 2.54. The molecule has 1 aromatic heterocycles. The first-order chi connectivity index (χ1) is 5.77. The predicted molar refractivity (Wildman–Crippen MR) is 49.4 cm³/mol. The van der Waals surface area contributed by atoms with Crippen molar-refractivity contribution < 1.29 is 4.79 Å². The van der Waals surface area contributed by atoms with Gasteiger partial charge in [-0.15, -0.1) is 0 Å². The quantitative estimate of drug-likeness (QED) is 0.735. The van der Waals surface area contributed by atoms with Gasteiger partial charge in [0.05, 0.1) is 5.56 Å². The molecule has 0 saturated carbocycles. The highest BCUT2D eigenvalue weighted by Gasteiger charge is 2.17. The van der Waals surface area contributed by atoms with Crippen LogP contribution in [0.5, 0.6) is 0 Å². The van der Waals surface area contributed by atoms with Crippen LogP contribution in [0, 0.1) is 0 Å². The molecule has 0 atom stereocenters. The zero-order valence-electron chi connectivity index (χ0n) is 6.30. The van der Waals surface area contributed by atoms with Crippen molar-refractivity contribution in [2.45, 2.75) is 6.42 Å².